The van der Waals surface area contributed by atoms with Gasteiger partial charge in [0.1, 0.15) is 18.5 Å². The number of fused-ring (bicyclic) bond motifs is 1. The second-order valence-corrected chi connectivity index (χ2v) is 10.9. The van der Waals surface area contributed by atoms with Crippen molar-refractivity contribution in [2.75, 3.05) is 6.54 Å². The Labute approximate surface area is 215 Å². The number of hydrogen-bond donors (Lipinski definition) is 3. The third kappa shape index (κ3) is 5.60. The lowest BCUT2D eigenvalue weighted by Crippen LogP contribution is -2.42. The number of benzene rings is 2. The van der Waals surface area contributed by atoms with Crippen LogP contribution in [0.5, 0.6) is 0 Å². The molecule has 0 bridgehead atoms. The first-order chi connectivity index (χ1) is 17.4. The van der Waals surface area contributed by atoms with Gasteiger partial charge in [0.25, 0.3) is 5.91 Å². The van der Waals surface area contributed by atoms with E-state index >= 15 is 0 Å². The van der Waals surface area contributed by atoms with Crippen molar-refractivity contribution in [1.29, 1.82) is 0 Å². The van der Waals surface area contributed by atoms with Crippen LogP contribution in [0.1, 0.15) is 28.8 Å². The number of rotatable bonds is 8. The summed E-state index contributed by atoms with van der Waals surface area (Å²) in [5.41, 5.74) is 5.84. The molecule has 1 aliphatic rings. The summed E-state index contributed by atoms with van der Waals surface area (Å²) < 4.78 is 41.5. The van der Waals surface area contributed by atoms with E-state index in [0.717, 1.165) is 17.0 Å². The predicted molar refractivity (Wildman–Crippen MR) is 132 cm³/mol. The van der Waals surface area contributed by atoms with Gasteiger partial charge in [-0.15, -0.1) is 0 Å². The molecule has 0 unspecified atom stereocenters. The van der Waals surface area contributed by atoms with Gasteiger partial charge in [0, 0.05) is 24.4 Å². The van der Waals surface area contributed by atoms with Crippen molar-refractivity contribution in [3.05, 3.63) is 64.6 Å². The Morgan fingerprint density at radius 1 is 1.19 bits per heavy atom. The van der Waals surface area contributed by atoms with Gasteiger partial charge in [0.15, 0.2) is 5.78 Å². The fourth-order valence-corrected chi connectivity index (χ4v) is 5.31. The van der Waals surface area contributed by atoms with Gasteiger partial charge in [-0.25, -0.2) is 8.78 Å². The molecule has 1 fully saturated rings. The van der Waals surface area contributed by atoms with E-state index in [0.29, 0.717) is 0 Å². The van der Waals surface area contributed by atoms with Crippen molar-refractivity contribution in [2.24, 2.45) is 5.73 Å². The predicted octanol–water partition coefficient (Wildman–Crippen LogP) is 2.48. The lowest BCUT2D eigenvalue weighted by atomic mass is 10.0. The van der Waals surface area contributed by atoms with Gasteiger partial charge >= 0.3 is 7.60 Å². The highest BCUT2D eigenvalue weighted by atomic mass is 35.5. The normalized spacial score (nSPS) is 17.9. The van der Waals surface area contributed by atoms with Crippen molar-refractivity contribution in [1.82, 2.24) is 9.47 Å². The van der Waals surface area contributed by atoms with Crippen molar-refractivity contribution < 1.29 is 37.5 Å². The quantitative estimate of drug-likeness (QED) is 0.366. The third-order valence-corrected chi connectivity index (χ3v) is 7.63. The number of halogens is 3. The molecule has 4 rings (SSSR count). The number of aromatic nitrogens is 1. The maximum Gasteiger partial charge on any atom is 0.356 e. The van der Waals surface area contributed by atoms with Gasteiger partial charge in [-0.1, -0.05) is 29.8 Å². The number of carbonyl (C=O) groups is 3. The lowest BCUT2D eigenvalue weighted by Gasteiger charge is -2.24. The highest BCUT2D eigenvalue weighted by Crippen LogP contribution is 2.35. The fraction of sp³-hybridized carbons (Fsp3) is 0.292. The van der Waals surface area contributed by atoms with Crippen LogP contribution in [-0.4, -0.2) is 55.6 Å². The molecule has 3 aromatic rings. The molecule has 4 N–H and O–H groups in total. The molecule has 9 nitrogen and oxygen atoms in total. The van der Waals surface area contributed by atoms with E-state index in [2.05, 4.69) is 0 Å². The van der Waals surface area contributed by atoms with Crippen LogP contribution in [0.15, 0.2) is 42.6 Å². The van der Waals surface area contributed by atoms with E-state index in [1.54, 1.807) is 6.07 Å². The minimum absolute atomic E-state index is 0.0239. The Balaban J connectivity index is 1.57. The van der Waals surface area contributed by atoms with E-state index in [9.17, 15) is 37.5 Å². The van der Waals surface area contributed by atoms with Crippen LogP contribution in [0.25, 0.3) is 10.9 Å². The molecule has 2 heterocycles. The van der Waals surface area contributed by atoms with Crippen LogP contribution < -0.4 is 11.0 Å². The first kappa shape index (κ1) is 26.9. The van der Waals surface area contributed by atoms with E-state index in [-0.39, 0.29) is 58.2 Å². The number of likely N-dealkylation sites (tertiary alicyclic amines) is 1. The molecule has 196 valence electrons. The van der Waals surface area contributed by atoms with Crippen LogP contribution in [0.4, 0.5) is 8.78 Å². The zero-order chi connectivity index (χ0) is 27.1. The first-order valence-electron chi connectivity index (χ1n) is 11.2. The van der Waals surface area contributed by atoms with E-state index in [4.69, 9.17) is 17.3 Å². The van der Waals surface area contributed by atoms with Crippen molar-refractivity contribution in [3.63, 3.8) is 0 Å². The number of carbonyl (C=O) groups excluding carboxylic acids is 3. The molecule has 2 amide bonds. The molecule has 37 heavy (non-hydrogen) atoms. The highest BCUT2D eigenvalue weighted by molar-refractivity contribution is 7.60. The Hall–Kier alpha value is -3.11. The zero-order valence-electron chi connectivity index (χ0n) is 19.3. The summed E-state index contributed by atoms with van der Waals surface area (Å²) in [5, 5.41) is -0.129. The molecule has 13 heteroatoms. The number of Topliss-reactive ketones (excluding diaryl/α,β-unsaturated/α-hetero) is 1. The summed E-state index contributed by atoms with van der Waals surface area (Å²) in [6.45, 7) is -0.760. The summed E-state index contributed by atoms with van der Waals surface area (Å²) >= 11 is 5.78. The van der Waals surface area contributed by atoms with Gasteiger partial charge < -0.3 is 25.0 Å². The number of nitrogens with zero attached hydrogens (tertiary/aromatic N) is 2. The molecular formula is C24H23ClF2N3O6P. The average molecular weight is 554 g/mol. The van der Waals surface area contributed by atoms with Crippen molar-refractivity contribution in [3.8, 4) is 0 Å². The molecule has 0 aliphatic carbocycles. The number of nitrogens with two attached hydrogens (primary N) is 1. The van der Waals surface area contributed by atoms with Gasteiger partial charge in [-0.3, -0.25) is 18.9 Å². The van der Waals surface area contributed by atoms with E-state index in [1.807, 2.05) is 0 Å². The average Bonchev–Trinajstić information content (AvgIpc) is 3.40. The lowest BCUT2D eigenvalue weighted by molar-refractivity contribution is -0.138. The molecule has 0 saturated carbocycles. The standard InChI is InChI=1S/C24H23ClF2N3O6P/c25-18-3-1-2-13(23(18)27)4-7-21(31)20-8-14(26)10-30(20)22(32)12-29-11-17(24(28)33)16-6-5-15(9-19(16)29)37(34,35)36/h1-3,5-6,9,11,14,20H,4,7-8,10,12H2,(H2,28,33)(H2,34,35,36)/t14-,20+/m1/s1. The van der Waals surface area contributed by atoms with Gasteiger partial charge in [0.2, 0.25) is 5.91 Å². The van der Waals surface area contributed by atoms with Crippen LogP contribution in [-0.2, 0) is 27.1 Å². The Kier molecular flexibility index (Phi) is 7.52. The first-order valence-corrected chi connectivity index (χ1v) is 13.2. The fourth-order valence-electron chi connectivity index (χ4n) is 4.56. The Morgan fingerprint density at radius 3 is 2.59 bits per heavy atom. The van der Waals surface area contributed by atoms with Gasteiger partial charge in [-0.2, -0.15) is 0 Å². The molecular weight excluding hydrogens is 531 g/mol. The summed E-state index contributed by atoms with van der Waals surface area (Å²) in [4.78, 5) is 58.2. The monoisotopic (exact) mass is 553 g/mol. The minimum atomic E-state index is -4.64. The number of hydrogen-bond acceptors (Lipinski definition) is 4. The van der Waals surface area contributed by atoms with Crippen LogP contribution in [0.2, 0.25) is 5.02 Å². The molecule has 0 spiro atoms. The molecule has 1 saturated heterocycles. The molecule has 1 aromatic heterocycles. The Morgan fingerprint density at radius 2 is 1.92 bits per heavy atom. The molecule has 2 aromatic carbocycles. The van der Waals surface area contributed by atoms with Gasteiger partial charge in [-0.05, 0) is 30.2 Å². The smallest absolute Gasteiger partial charge is 0.356 e. The summed E-state index contributed by atoms with van der Waals surface area (Å²) in [6, 6.07) is 6.99. The summed E-state index contributed by atoms with van der Waals surface area (Å²) in [7, 11) is -4.64. The van der Waals surface area contributed by atoms with E-state index < -0.39 is 49.8 Å². The largest absolute Gasteiger partial charge is 0.366 e. The number of aryl methyl sites for hydroxylation is 1. The third-order valence-electron chi connectivity index (χ3n) is 6.39. The van der Waals surface area contributed by atoms with Crippen molar-refractivity contribution >= 4 is 53.0 Å². The van der Waals surface area contributed by atoms with Crippen LogP contribution in [0.3, 0.4) is 0 Å². The van der Waals surface area contributed by atoms with E-state index in [1.165, 1.54) is 29.0 Å². The van der Waals surface area contributed by atoms with Gasteiger partial charge in [0.05, 0.1) is 34.0 Å². The number of primary amides is 1. The maximum absolute atomic E-state index is 14.3. The number of alkyl halides is 1. The summed E-state index contributed by atoms with van der Waals surface area (Å²) in [6.07, 6.45) is -0.483. The second-order valence-electron chi connectivity index (χ2n) is 8.85. The van der Waals surface area contributed by atoms with Crippen LogP contribution >= 0.6 is 19.2 Å². The molecule has 1 aliphatic heterocycles. The molecule has 0 radical (unpaired) electrons. The maximum atomic E-state index is 14.3. The number of amides is 2. The SMILES string of the molecule is NC(=O)c1cn(CC(=O)N2C[C@H](F)C[C@H]2C(=O)CCc2cccc(Cl)c2F)c2cc(P(=O)(O)O)ccc12. The second kappa shape index (κ2) is 10.3. The number of ketones is 1. The van der Waals surface area contributed by atoms with Crippen LogP contribution in [0, 0.1) is 5.82 Å². The zero-order valence-corrected chi connectivity index (χ0v) is 21.0. The summed E-state index contributed by atoms with van der Waals surface area (Å²) in [5.74, 6) is -2.53. The Bertz CT molecular complexity index is 1460. The highest BCUT2D eigenvalue weighted by Gasteiger charge is 2.39. The minimum Gasteiger partial charge on any atom is -0.366 e. The molecule has 2 atom stereocenters. The van der Waals surface area contributed by atoms with Crippen molar-refractivity contribution in [2.45, 2.75) is 38.0 Å². The topological polar surface area (TPSA) is 143 Å².